The van der Waals surface area contributed by atoms with Crippen LogP contribution in [0.1, 0.15) is 110 Å². The van der Waals surface area contributed by atoms with Crippen LogP contribution in [0.25, 0.3) is 11.2 Å². The van der Waals surface area contributed by atoms with Crippen LogP contribution < -0.4 is 5.73 Å². The third-order valence-electron chi connectivity index (χ3n) is 7.52. The number of nitrogens with two attached hydrogens (primary N) is 1. The molecule has 0 saturated heterocycles. The lowest BCUT2D eigenvalue weighted by Gasteiger charge is -2.17. The standard InChI is InChI=1S/C29H52N5O4PS/c1-25(21-34-23-33-27-28(30)31-22-32-29(27)34)37-24-39(35,36)38-18-20-40-19-14-12-10-8-6-4-2-3-5-7-9-11-13-15-26-16-17-26/h22-23,25-26H,2-21,24H2,1H3,(H,35,36)(H2,30,31,32)/t25-/m1/s1. The van der Waals surface area contributed by atoms with Gasteiger partial charge < -0.3 is 24.5 Å². The van der Waals surface area contributed by atoms with Crippen LogP contribution in [-0.4, -0.2) is 55.0 Å². The summed E-state index contributed by atoms with van der Waals surface area (Å²) in [6.07, 6.45) is 24.8. The van der Waals surface area contributed by atoms with Crippen molar-refractivity contribution >= 4 is 36.3 Å². The van der Waals surface area contributed by atoms with Crippen molar-refractivity contribution in [2.24, 2.45) is 5.92 Å². The summed E-state index contributed by atoms with van der Waals surface area (Å²) in [6, 6.07) is 0. The molecule has 2 heterocycles. The zero-order chi connectivity index (χ0) is 28.5. The highest BCUT2D eigenvalue weighted by Gasteiger charge is 2.22. The van der Waals surface area contributed by atoms with Crippen LogP contribution in [-0.2, 0) is 20.4 Å². The molecule has 1 unspecified atom stereocenters. The smallest absolute Gasteiger partial charge is 0.353 e. The van der Waals surface area contributed by atoms with E-state index in [1.54, 1.807) is 22.7 Å². The van der Waals surface area contributed by atoms with Crippen LogP contribution in [0.2, 0.25) is 0 Å². The number of aromatic nitrogens is 4. The first kappa shape index (κ1) is 33.3. The summed E-state index contributed by atoms with van der Waals surface area (Å²) in [5, 5.41) is 0. The molecule has 0 amide bonds. The number of nitrogens with zero attached hydrogens (tertiary/aromatic N) is 4. The Morgan fingerprint density at radius 1 is 0.975 bits per heavy atom. The first-order valence-corrected chi connectivity index (χ1v) is 18.4. The summed E-state index contributed by atoms with van der Waals surface area (Å²) in [4.78, 5) is 22.4. The zero-order valence-electron chi connectivity index (χ0n) is 24.6. The van der Waals surface area contributed by atoms with E-state index in [1.165, 1.54) is 109 Å². The number of ether oxygens (including phenoxy) is 1. The van der Waals surface area contributed by atoms with Gasteiger partial charge in [-0.2, -0.15) is 11.8 Å². The molecule has 3 rings (SSSR count). The van der Waals surface area contributed by atoms with Crippen LogP contribution in [0.15, 0.2) is 12.7 Å². The maximum atomic E-state index is 12.3. The molecule has 0 aliphatic heterocycles. The Balaban J connectivity index is 1.07. The van der Waals surface area contributed by atoms with Gasteiger partial charge in [0.2, 0.25) is 0 Å². The quantitative estimate of drug-likeness (QED) is 0.0880. The number of hydrogen-bond acceptors (Lipinski definition) is 8. The number of unbranched alkanes of at least 4 members (excludes halogenated alkanes) is 12. The van der Waals surface area contributed by atoms with Crippen LogP contribution in [0, 0.1) is 5.92 Å². The molecule has 1 aliphatic carbocycles. The average Bonchev–Trinajstić information content (AvgIpc) is 3.67. The predicted molar refractivity (Wildman–Crippen MR) is 166 cm³/mol. The Labute approximate surface area is 245 Å². The number of rotatable bonds is 25. The highest BCUT2D eigenvalue weighted by Crippen LogP contribution is 2.42. The molecule has 3 N–H and O–H groups in total. The molecule has 228 valence electrons. The Morgan fingerprint density at radius 2 is 1.60 bits per heavy atom. The van der Waals surface area contributed by atoms with Gasteiger partial charge >= 0.3 is 7.60 Å². The summed E-state index contributed by atoms with van der Waals surface area (Å²) in [5.41, 5.74) is 6.95. The minimum absolute atomic E-state index is 0.249. The van der Waals surface area contributed by atoms with Gasteiger partial charge in [-0.1, -0.05) is 96.3 Å². The van der Waals surface area contributed by atoms with Gasteiger partial charge in [0, 0.05) is 5.75 Å². The second kappa shape index (κ2) is 19.1. The number of imidazole rings is 1. The SMILES string of the molecule is C[C@H](Cn1cnc2c(N)ncnc21)OCP(=O)(O)OCCSCCCCCCCCCCCCCCCC1CC1. The molecule has 1 fully saturated rings. The summed E-state index contributed by atoms with van der Waals surface area (Å²) >= 11 is 1.78. The lowest BCUT2D eigenvalue weighted by atomic mass is 10.0. The Bertz CT molecular complexity index is 1010. The van der Waals surface area contributed by atoms with Crippen molar-refractivity contribution in [2.75, 3.05) is 30.2 Å². The van der Waals surface area contributed by atoms with Crippen LogP contribution >= 0.6 is 19.4 Å². The molecule has 40 heavy (non-hydrogen) atoms. The van der Waals surface area contributed by atoms with E-state index in [0.29, 0.717) is 29.3 Å². The number of nitrogen functional groups attached to an aromatic ring is 1. The number of hydrogen-bond donors (Lipinski definition) is 2. The van der Waals surface area contributed by atoms with Gasteiger partial charge in [-0.15, -0.1) is 0 Å². The van der Waals surface area contributed by atoms with Gasteiger partial charge in [0.25, 0.3) is 0 Å². The molecule has 1 aliphatic rings. The molecule has 9 nitrogen and oxygen atoms in total. The maximum absolute atomic E-state index is 12.3. The zero-order valence-corrected chi connectivity index (χ0v) is 26.3. The van der Waals surface area contributed by atoms with Crippen molar-refractivity contribution in [1.82, 2.24) is 19.5 Å². The van der Waals surface area contributed by atoms with Gasteiger partial charge in [-0.25, -0.2) is 15.0 Å². The fraction of sp³-hybridized carbons (Fsp3) is 0.828. The lowest BCUT2D eigenvalue weighted by molar-refractivity contribution is 0.0724. The van der Waals surface area contributed by atoms with E-state index in [0.717, 1.165) is 11.7 Å². The van der Waals surface area contributed by atoms with Crippen molar-refractivity contribution in [2.45, 2.75) is 122 Å². The second-order valence-corrected chi connectivity index (χ2v) is 14.4. The van der Waals surface area contributed by atoms with Gasteiger partial charge in [-0.05, 0) is 25.0 Å². The van der Waals surface area contributed by atoms with Gasteiger partial charge in [0.1, 0.15) is 18.2 Å². The van der Waals surface area contributed by atoms with E-state index in [9.17, 15) is 9.46 Å². The fourth-order valence-corrected chi connectivity index (χ4v) is 6.78. The predicted octanol–water partition coefficient (Wildman–Crippen LogP) is 7.58. The van der Waals surface area contributed by atoms with E-state index in [2.05, 4.69) is 15.0 Å². The van der Waals surface area contributed by atoms with Gasteiger partial charge in [0.15, 0.2) is 11.5 Å². The van der Waals surface area contributed by atoms with E-state index < -0.39 is 7.60 Å². The summed E-state index contributed by atoms with van der Waals surface area (Å²) < 4.78 is 24.9. The van der Waals surface area contributed by atoms with Crippen molar-refractivity contribution in [3.05, 3.63) is 12.7 Å². The third kappa shape index (κ3) is 14.1. The molecule has 2 atom stereocenters. The van der Waals surface area contributed by atoms with Gasteiger partial charge in [0.05, 0.1) is 25.6 Å². The van der Waals surface area contributed by atoms with Crippen LogP contribution in [0.5, 0.6) is 0 Å². The number of fused-ring (bicyclic) bond motifs is 1. The lowest BCUT2D eigenvalue weighted by Crippen LogP contribution is -2.17. The van der Waals surface area contributed by atoms with Crippen molar-refractivity contribution in [3.63, 3.8) is 0 Å². The maximum Gasteiger partial charge on any atom is 0.353 e. The molecule has 2 aromatic heterocycles. The Hall–Kier alpha value is -1.19. The topological polar surface area (TPSA) is 125 Å². The minimum Gasteiger partial charge on any atom is -0.382 e. The van der Waals surface area contributed by atoms with E-state index in [-0.39, 0.29) is 19.1 Å². The molecule has 1 saturated carbocycles. The van der Waals surface area contributed by atoms with E-state index in [1.807, 2.05) is 6.92 Å². The second-order valence-electron chi connectivity index (χ2n) is 11.3. The van der Waals surface area contributed by atoms with Gasteiger partial charge in [-0.3, -0.25) is 4.57 Å². The average molecular weight is 598 g/mol. The molecular weight excluding hydrogens is 545 g/mol. The summed E-state index contributed by atoms with van der Waals surface area (Å²) in [7, 11) is -3.79. The summed E-state index contributed by atoms with van der Waals surface area (Å²) in [6.45, 7) is 2.49. The first-order chi connectivity index (χ1) is 19.4. The Kier molecular flexibility index (Phi) is 15.9. The monoisotopic (exact) mass is 597 g/mol. The Morgan fingerprint density at radius 3 is 2.25 bits per heavy atom. The highest BCUT2D eigenvalue weighted by atomic mass is 32.2. The minimum atomic E-state index is -3.79. The molecule has 2 aromatic rings. The molecule has 11 heteroatoms. The highest BCUT2D eigenvalue weighted by molar-refractivity contribution is 7.99. The van der Waals surface area contributed by atoms with Crippen molar-refractivity contribution in [1.29, 1.82) is 0 Å². The van der Waals surface area contributed by atoms with Crippen LogP contribution in [0.4, 0.5) is 5.82 Å². The van der Waals surface area contributed by atoms with Crippen LogP contribution in [0.3, 0.4) is 0 Å². The normalized spacial score (nSPS) is 15.9. The number of anilines is 1. The molecule has 0 aromatic carbocycles. The first-order valence-electron chi connectivity index (χ1n) is 15.5. The molecule has 0 radical (unpaired) electrons. The molecular formula is C29H52N5O4PS. The van der Waals surface area contributed by atoms with E-state index >= 15 is 0 Å². The van der Waals surface area contributed by atoms with Crippen molar-refractivity contribution < 1.29 is 18.7 Å². The summed E-state index contributed by atoms with van der Waals surface area (Å²) in [5.74, 6) is 3.20. The molecule has 0 spiro atoms. The third-order valence-corrected chi connectivity index (χ3v) is 9.62. The molecule has 0 bridgehead atoms. The fourth-order valence-electron chi connectivity index (χ4n) is 4.95. The largest absolute Gasteiger partial charge is 0.382 e. The van der Waals surface area contributed by atoms with Crippen molar-refractivity contribution in [3.8, 4) is 0 Å². The number of thioether (sulfide) groups is 1. The van der Waals surface area contributed by atoms with E-state index in [4.69, 9.17) is 15.0 Å².